The molecule has 2 amide bonds. The maximum atomic E-state index is 12.4. The molecule has 0 aromatic heterocycles. The number of hydrogen-bond acceptors (Lipinski definition) is 6. The first kappa shape index (κ1) is 21.3. The molecule has 0 aliphatic carbocycles. The van der Waals surface area contributed by atoms with E-state index in [1.807, 2.05) is 0 Å². The van der Waals surface area contributed by atoms with Crippen molar-refractivity contribution in [2.45, 2.75) is 4.90 Å². The zero-order valence-corrected chi connectivity index (χ0v) is 16.7. The fourth-order valence-electron chi connectivity index (χ4n) is 2.14. The van der Waals surface area contributed by atoms with Crippen molar-refractivity contribution in [2.24, 2.45) is 0 Å². The zero-order chi connectivity index (χ0) is 20.5. The highest BCUT2D eigenvalue weighted by molar-refractivity contribution is 8.00. The monoisotopic (exact) mass is 402 g/mol. The highest BCUT2D eigenvalue weighted by Crippen LogP contribution is 2.23. The standard InChI is InChI=1S/C20H22N2O5S/c1-22(2)19(24)13-28-17-10-5-4-9-16(17)20(25)27-12-18(23)21-14-7-6-8-15(11-14)26-3/h4-11H,12-13H2,1-3H3,(H,21,23). The summed E-state index contributed by atoms with van der Waals surface area (Å²) in [6, 6.07) is 13.7. The Morgan fingerprint density at radius 2 is 1.82 bits per heavy atom. The molecule has 0 spiro atoms. The van der Waals surface area contributed by atoms with Crippen LogP contribution in [0.1, 0.15) is 10.4 Å². The number of anilines is 1. The molecule has 0 atom stereocenters. The molecule has 0 heterocycles. The third-order valence-corrected chi connectivity index (χ3v) is 4.70. The van der Waals surface area contributed by atoms with Gasteiger partial charge in [-0.05, 0) is 24.3 Å². The molecule has 0 saturated heterocycles. The van der Waals surface area contributed by atoms with Gasteiger partial charge in [0.15, 0.2) is 6.61 Å². The molecule has 0 aliphatic heterocycles. The molecule has 0 radical (unpaired) electrons. The van der Waals surface area contributed by atoms with Crippen LogP contribution in [0.3, 0.4) is 0 Å². The predicted molar refractivity (Wildman–Crippen MR) is 108 cm³/mol. The number of benzene rings is 2. The predicted octanol–water partition coefficient (Wildman–Crippen LogP) is 2.67. The van der Waals surface area contributed by atoms with Gasteiger partial charge in [-0.1, -0.05) is 18.2 Å². The van der Waals surface area contributed by atoms with Gasteiger partial charge in [-0.15, -0.1) is 11.8 Å². The number of ether oxygens (including phenoxy) is 2. The van der Waals surface area contributed by atoms with E-state index in [9.17, 15) is 14.4 Å². The fraction of sp³-hybridized carbons (Fsp3) is 0.250. The largest absolute Gasteiger partial charge is 0.497 e. The van der Waals surface area contributed by atoms with Gasteiger partial charge >= 0.3 is 5.97 Å². The SMILES string of the molecule is COc1cccc(NC(=O)COC(=O)c2ccccc2SCC(=O)N(C)C)c1. The summed E-state index contributed by atoms with van der Waals surface area (Å²) in [5, 5.41) is 2.64. The van der Waals surface area contributed by atoms with Crippen molar-refractivity contribution >= 4 is 35.2 Å². The molecule has 2 aromatic rings. The van der Waals surface area contributed by atoms with Crippen LogP contribution in [-0.2, 0) is 14.3 Å². The second kappa shape index (κ2) is 10.4. The Bertz CT molecular complexity index is 854. The van der Waals surface area contributed by atoms with Gasteiger partial charge in [0.05, 0.1) is 18.4 Å². The van der Waals surface area contributed by atoms with Crippen LogP contribution in [0, 0.1) is 0 Å². The van der Waals surface area contributed by atoms with Crippen LogP contribution in [0.25, 0.3) is 0 Å². The first-order valence-corrected chi connectivity index (χ1v) is 9.42. The van der Waals surface area contributed by atoms with E-state index in [-0.39, 0.29) is 11.7 Å². The van der Waals surface area contributed by atoms with Crippen molar-refractivity contribution in [1.29, 1.82) is 0 Å². The lowest BCUT2D eigenvalue weighted by molar-refractivity contribution is -0.125. The van der Waals surface area contributed by atoms with Crippen LogP contribution >= 0.6 is 11.8 Å². The molecule has 148 valence electrons. The van der Waals surface area contributed by atoms with Gasteiger partial charge in [-0.2, -0.15) is 0 Å². The van der Waals surface area contributed by atoms with Crippen LogP contribution < -0.4 is 10.1 Å². The van der Waals surface area contributed by atoms with E-state index in [1.54, 1.807) is 62.6 Å². The molecular formula is C20H22N2O5S. The first-order valence-electron chi connectivity index (χ1n) is 8.43. The van der Waals surface area contributed by atoms with E-state index >= 15 is 0 Å². The smallest absolute Gasteiger partial charge is 0.339 e. The van der Waals surface area contributed by atoms with E-state index in [0.717, 1.165) is 0 Å². The van der Waals surface area contributed by atoms with Crippen LogP contribution in [0.5, 0.6) is 5.75 Å². The number of nitrogens with one attached hydrogen (secondary N) is 1. The molecule has 0 aliphatic rings. The number of carbonyl (C=O) groups excluding carboxylic acids is 3. The zero-order valence-electron chi connectivity index (χ0n) is 15.9. The van der Waals surface area contributed by atoms with E-state index in [4.69, 9.17) is 9.47 Å². The summed E-state index contributed by atoms with van der Waals surface area (Å²) in [4.78, 5) is 38.3. The minimum Gasteiger partial charge on any atom is -0.497 e. The highest BCUT2D eigenvalue weighted by atomic mass is 32.2. The molecule has 0 unspecified atom stereocenters. The third kappa shape index (κ3) is 6.31. The summed E-state index contributed by atoms with van der Waals surface area (Å²) >= 11 is 1.25. The van der Waals surface area contributed by atoms with E-state index in [1.165, 1.54) is 23.8 Å². The average molecular weight is 402 g/mol. The van der Waals surface area contributed by atoms with Crippen molar-refractivity contribution in [1.82, 2.24) is 4.90 Å². The van der Waals surface area contributed by atoms with Gasteiger partial charge in [0.25, 0.3) is 5.91 Å². The van der Waals surface area contributed by atoms with Crippen molar-refractivity contribution in [3.8, 4) is 5.75 Å². The van der Waals surface area contributed by atoms with Crippen LogP contribution in [0.15, 0.2) is 53.4 Å². The van der Waals surface area contributed by atoms with Crippen molar-refractivity contribution in [3.63, 3.8) is 0 Å². The maximum Gasteiger partial charge on any atom is 0.339 e. The van der Waals surface area contributed by atoms with Gasteiger partial charge in [-0.3, -0.25) is 9.59 Å². The summed E-state index contributed by atoms with van der Waals surface area (Å²) in [6.45, 7) is -0.425. The van der Waals surface area contributed by atoms with Crippen LogP contribution in [-0.4, -0.2) is 56.2 Å². The molecule has 8 heteroatoms. The van der Waals surface area contributed by atoms with Gasteiger partial charge in [0.2, 0.25) is 5.91 Å². The van der Waals surface area contributed by atoms with Gasteiger partial charge in [0.1, 0.15) is 5.75 Å². The Hall–Kier alpha value is -3.00. The molecule has 7 nitrogen and oxygen atoms in total. The molecule has 2 rings (SSSR count). The van der Waals surface area contributed by atoms with Crippen molar-refractivity contribution in [3.05, 3.63) is 54.1 Å². The third-order valence-electron chi connectivity index (χ3n) is 3.64. The summed E-state index contributed by atoms with van der Waals surface area (Å²) in [7, 11) is 4.87. The fourth-order valence-corrected chi connectivity index (χ4v) is 3.16. The van der Waals surface area contributed by atoms with Gasteiger partial charge in [-0.25, -0.2) is 4.79 Å². The number of rotatable bonds is 8. The summed E-state index contributed by atoms with van der Waals surface area (Å²) in [5.74, 6) is -0.345. The Labute approximate surface area is 168 Å². The number of carbonyl (C=O) groups is 3. The number of amides is 2. The van der Waals surface area contributed by atoms with Gasteiger partial charge in [0, 0.05) is 30.7 Å². The van der Waals surface area contributed by atoms with E-state index < -0.39 is 18.5 Å². The number of hydrogen-bond donors (Lipinski definition) is 1. The summed E-state index contributed by atoms with van der Waals surface area (Å²) in [6.07, 6.45) is 0. The number of nitrogens with zero attached hydrogens (tertiary/aromatic N) is 1. The molecule has 2 aromatic carbocycles. The quantitative estimate of drug-likeness (QED) is 0.540. The van der Waals surface area contributed by atoms with Crippen LogP contribution in [0.4, 0.5) is 5.69 Å². The topological polar surface area (TPSA) is 84.9 Å². The molecular weight excluding hydrogens is 380 g/mol. The van der Waals surface area contributed by atoms with Gasteiger partial charge < -0.3 is 19.7 Å². The molecule has 1 N–H and O–H groups in total. The minimum atomic E-state index is -0.624. The number of methoxy groups -OCH3 is 1. The van der Waals surface area contributed by atoms with E-state index in [2.05, 4.69) is 5.32 Å². The Morgan fingerprint density at radius 3 is 2.54 bits per heavy atom. The maximum absolute atomic E-state index is 12.4. The lowest BCUT2D eigenvalue weighted by Crippen LogP contribution is -2.23. The second-order valence-corrected chi connectivity index (χ2v) is 6.95. The number of esters is 1. The molecule has 28 heavy (non-hydrogen) atoms. The average Bonchev–Trinajstić information content (AvgIpc) is 2.70. The summed E-state index contributed by atoms with van der Waals surface area (Å²) in [5.41, 5.74) is 0.854. The molecule has 0 saturated carbocycles. The second-order valence-electron chi connectivity index (χ2n) is 5.93. The summed E-state index contributed by atoms with van der Waals surface area (Å²) < 4.78 is 10.2. The Kier molecular flexibility index (Phi) is 7.88. The van der Waals surface area contributed by atoms with Crippen LogP contribution in [0.2, 0.25) is 0 Å². The molecule has 0 bridgehead atoms. The lowest BCUT2D eigenvalue weighted by Gasteiger charge is -2.12. The lowest BCUT2D eigenvalue weighted by atomic mass is 10.2. The van der Waals surface area contributed by atoms with E-state index in [0.29, 0.717) is 21.9 Å². The Morgan fingerprint density at radius 1 is 1.07 bits per heavy atom. The van der Waals surface area contributed by atoms with Crippen molar-refractivity contribution < 1.29 is 23.9 Å². The molecule has 0 fully saturated rings. The first-order chi connectivity index (χ1) is 13.4. The highest BCUT2D eigenvalue weighted by Gasteiger charge is 2.16. The van der Waals surface area contributed by atoms with Crippen molar-refractivity contribution in [2.75, 3.05) is 38.9 Å². The minimum absolute atomic E-state index is 0.0640. The normalized spacial score (nSPS) is 10.1. The number of thioether (sulfide) groups is 1. The Balaban J connectivity index is 1.93.